The molecule has 1 unspecified atom stereocenters. The number of hydrogen-bond donors (Lipinski definition) is 3. The molecule has 1 aliphatic carbocycles. The molecular weight excluding hydrogens is 256 g/mol. The highest BCUT2D eigenvalue weighted by atomic mass is 16.3. The van der Waals surface area contributed by atoms with Crippen molar-refractivity contribution in [2.24, 2.45) is 5.92 Å². The summed E-state index contributed by atoms with van der Waals surface area (Å²) in [4.78, 5) is 23.0. The molecule has 0 spiro atoms. The van der Waals surface area contributed by atoms with Crippen LogP contribution >= 0.6 is 0 Å². The van der Waals surface area contributed by atoms with Crippen LogP contribution in [-0.2, 0) is 4.79 Å². The summed E-state index contributed by atoms with van der Waals surface area (Å²) in [6.07, 6.45) is 2.83. The first-order chi connectivity index (χ1) is 9.60. The van der Waals surface area contributed by atoms with Gasteiger partial charge in [-0.3, -0.25) is 9.59 Å². The van der Waals surface area contributed by atoms with E-state index in [-0.39, 0.29) is 24.5 Å². The van der Waals surface area contributed by atoms with Gasteiger partial charge < -0.3 is 15.7 Å². The molecule has 3 N–H and O–H groups in total. The Morgan fingerprint density at radius 2 is 1.95 bits per heavy atom. The minimum absolute atomic E-state index is 0.0579. The number of rotatable bonds is 6. The Morgan fingerprint density at radius 3 is 2.45 bits per heavy atom. The smallest absolute Gasteiger partial charge is 0.251 e. The van der Waals surface area contributed by atoms with Crippen LogP contribution in [-0.4, -0.2) is 29.6 Å². The maximum Gasteiger partial charge on any atom is 0.251 e. The fourth-order valence-electron chi connectivity index (χ4n) is 2.22. The van der Waals surface area contributed by atoms with Gasteiger partial charge in [-0.05, 0) is 49.4 Å². The van der Waals surface area contributed by atoms with Crippen LogP contribution in [0.4, 0.5) is 5.69 Å². The van der Waals surface area contributed by atoms with Gasteiger partial charge in [0, 0.05) is 30.8 Å². The number of amides is 2. The average Bonchev–Trinajstić information content (AvgIpc) is 3.22. The van der Waals surface area contributed by atoms with Crippen LogP contribution < -0.4 is 10.6 Å². The van der Waals surface area contributed by atoms with Gasteiger partial charge in [0.15, 0.2) is 0 Å². The summed E-state index contributed by atoms with van der Waals surface area (Å²) in [5, 5.41) is 14.7. The number of aliphatic hydroxyl groups is 1. The molecule has 1 fully saturated rings. The Morgan fingerprint density at radius 1 is 1.30 bits per heavy atom. The van der Waals surface area contributed by atoms with Crippen molar-refractivity contribution < 1.29 is 14.7 Å². The number of aliphatic hydroxyl groups excluding tert-OH is 1. The summed E-state index contributed by atoms with van der Waals surface area (Å²) < 4.78 is 0. The molecule has 1 aromatic carbocycles. The number of hydrogen-bond acceptors (Lipinski definition) is 3. The number of carbonyl (C=O) groups is 2. The minimum atomic E-state index is -0.140. The third-order valence-electron chi connectivity index (χ3n) is 3.42. The predicted molar refractivity (Wildman–Crippen MR) is 76.4 cm³/mol. The fourth-order valence-corrected chi connectivity index (χ4v) is 2.22. The van der Waals surface area contributed by atoms with E-state index in [0.29, 0.717) is 23.6 Å². The molecule has 0 aliphatic heterocycles. The van der Waals surface area contributed by atoms with E-state index in [2.05, 4.69) is 10.6 Å². The quantitative estimate of drug-likeness (QED) is 0.737. The van der Waals surface area contributed by atoms with Crippen LogP contribution in [0.2, 0.25) is 0 Å². The van der Waals surface area contributed by atoms with Crippen molar-refractivity contribution in [2.45, 2.75) is 32.2 Å². The van der Waals surface area contributed by atoms with Crippen LogP contribution in [0.15, 0.2) is 24.3 Å². The van der Waals surface area contributed by atoms with Crippen molar-refractivity contribution in [1.82, 2.24) is 5.32 Å². The maximum atomic E-state index is 12.1. The standard InChI is InChI=1S/C15H20N2O3/c1-10(19)16-13-6-4-12(5-7-13)15(20)17-14(8-9-18)11-2-3-11/h4-7,11,14,18H,2-3,8-9H2,1H3,(H,16,19)(H,17,20). The van der Waals surface area contributed by atoms with Gasteiger partial charge in [0.05, 0.1) is 0 Å². The molecule has 20 heavy (non-hydrogen) atoms. The number of anilines is 1. The molecule has 0 aromatic heterocycles. The summed E-state index contributed by atoms with van der Waals surface area (Å²) >= 11 is 0. The second-order valence-corrected chi connectivity index (χ2v) is 5.19. The molecule has 0 saturated heterocycles. The van der Waals surface area contributed by atoms with E-state index >= 15 is 0 Å². The van der Waals surface area contributed by atoms with Crippen LogP contribution in [0.5, 0.6) is 0 Å². The summed E-state index contributed by atoms with van der Waals surface area (Å²) in [7, 11) is 0. The zero-order valence-corrected chi connectivity index (χ0v) is 11.6. The van der Waals surface area contributed by atoms with Crippen molar-refractivity contribution in [3.05, 3.63) is 29.8 Å². The first-order valence-electron chi connectivity index (χ1n) is 6.89. The summed E-state index contributed by atoms with van der Waals surface area (Å²) in [6.45, 7) is 1.53. The van der Waals surface area contributed by atoms with E-state index < -0.39 is 0 Å². The van der Waals surface area contributed by atoms with Crippen molar-refractivity contribution in [3.8, 4) is 0 Å². The summed E-state index contributed by atoms with van der Waals surface area (Å²) in [5.74, 6) is 0.230. The molecule has 1 saturated carbocycles. The Hall–Kier alpha value is -1.88. The second kappa shape index (κ2) is 6.52. The van der Waals surface area contributed by atoms with E-state index in [0.717, 1.165) is 12.8 Å². The van der Waals surface area contributed by atoms with Gasteiger partial charge in [-0.2, -0.15) is 0 Å². The van der Waals surface area contributed by atoms with E-state index in [9.17, 15) is 9.59 Å². The first kappa shape index (κ1) is 14.5. The Kier molecular flexibility index (Phi) is 4.74. The van der Waals surface area contributed by atoms with Crippen LogP contribution in [0.1, 0.15) is 36.5 Å². The molecule has 0 bridgehead atoms. The van der Waals surface area contributed by atoms with Crippen molar-refractivity contribution >= 4 is 17.5 Å². The second-order valence-electron chi connectivity index (χ2n) is 5.19. The monoisotopic (exact) mass is 276 g/mol. The van der Waals surface area contributed by atoms with Crippen molar-refractivity contribution in [3.63, 3.8) is 0 Å². The van der Waals surface area contributed by atoms with Crippen LogP contribution in [0.25, 0.3) is 0 Å². The first-order valence-corrected chi connectivity index (χ1v) is 6.89. The Bertz CT molecular complexity index is 480. The molecule has 1 aromatic rings. The van der Waals surface area contributed by atoms with Gasteiger partial charge in [0.2, 0.25) is 5.91 Å². The molecule has 5 nitrogen and oxygen atoms in total. The zero-order valence-electron chi connectivity index (χ0n) is 11.6. The molecule has 108 valence electrons. The average molecular weight is 276 g/mol. The van der Waals surface area contributed by atoms with Crippen LogP contribution in [0.3, 0.4) is 0 Å². The van der Waals surface area contributed by atoms with Crippen LogP contribution in [0, 0.1) is 5.92 Å². The van der Waals surface area contributed by atoms with Gasteiger partial charge in [0.25, 0.3) is 5.91 Å². The van der Waals surface area contributed by atoms with Gasteiger partial charge in [-0.25, -0.2) is 0 Å². The van der Waals surface area contributed by atoms with E-state index in [4.69, 9.17) is 5.11 Å². The van der Waals surface area contributed by atoms with Crippen molar-refractivity contribution in [1.29, 1.82) is 0 Å². The molecule has 1 atom stereocenters. The molecule has 1 aliphatic rings. The third-order valence-corrected chi connectivity index (χ3v) is 3.42. The molecule has 2 rings (SSSR count). The summed E-state index contributed by atoms with van der Waals surface area (Å²) in [5.41, 5.74) is 1.23. The Labute approximate surface area is 118 Å². The minimum Gasteiger partial charge on any atom is -0.396 e. The fraction of sp³-hybridized carbons (Fsp3) is 0.467. The lowest BCUT2D eigenvalue weighted by molar-refractivity contribution is -0.114. The topological polar surface area (TPSA) is 78.4 Å². The molecule has 2 amide bonds. The number of benzene rings is 1. The maximum absolute atomic E-state index is 12.1. The van der Waals surface area contributed by atoms with E-state index in [1.807, 2.05) is 0 Å². The lowest BCUT2D eigenvalue weighted by atomic mass is 10.1. The highest BCUT2D eigenvalue weighted by Gasteiger charge is 2.31. The van der Waals surface area contributed by atoms with Gasteiger partial charge >= 0.3 is 0 Å². The normalized spacial score (nSPS) is 15.5. The number of nitrogens with one attached hydrogen (secondary N) is 2. The SMILES string of the molecule is CC(=O)Nc1ccc(C(=O)NC(CCO)C2CC2)cc1. The Balaban J connectivity index is 1.95. The van der Waals surface area contributed by atoms with Gasteiger partial charge in [-0.15, -0.1) is 0 Å². The molecule has 0 heterocycles. The third kappa shape index (κ3) is 4.06. The zero-order chi connectivity index (χ0) is 14.5. The highest BCUT2D eigenvalue weighted by molar-refractivity contribution is 5.95. The molecule has 5 heteroatoms. The molecular formula is C15H20N2O3. The van der Waals surface area contributed by atoms with Crippen molar-refractivity contribution in [2.75, 3.05) is 11.9 Å². The summed E-state index contributed by atoms with van der Waals surface area (Å²) in [6, 6.07) is 6.83. The van der Waals surface area contributed by atoms with E-state index in [1.54, 1.807) is 24.3 Å². The lowest BCUT2D eigenvalue weighted by Crippen LogP contribution is -2.37. The lowest BCUT2D eigenvalue weighted by Gasteiger charge is -2.17. The van der Waals surface area contributed by atoms with Gasteiger partial charge in [-0.1, -0.05) is 0 Å². The predicted octanol–water partition coefficient (Wildman–Crippen LogP) is 1.54. The molecule has 0 radical (unpaired) electrons. The number of carbonyl (C=O) groups excluding carboxylic acids is 2. The highest BCUT2D eigenvalue weighted by Crippen LogP contribution is 2.34. The van der Waals surface area contributed by atoms with E-state index in [1.165, 1.54) is 6.92 Å². The van der Waals surface area contributed by atoms with Gasteiger partial charge in [0.1, 0.15) is 0 Å². The largest absolute Gasteiger partial charge is 0.396 e.